The SMILES string of the molecule is C[C@@H]1CN(C)CC[C@H]1CCc1ccc(NC(=O)c2ccncc2)cc1. The van der Waals surface area contributed by atoms with Crippen molar-refractivity contribution in [1.82, 2.24) is 9.88 Å². The van der Waals surface area contributed by atoms with Gasteiger partial charge in [0, 0.05) is 30.2 Å². The molecule has 1 aromatic carbocycles. The number of pyridine rings is 1. The standard InChI is InChI=1S/C21H27N3O/c1-16-15-24(2)14-11-18(16)6-3-17-4-7-20(8-5-17)23-21(25)19-9-12-22-13-10-19/h4-5,7-10,12-13,16,18H,3,6,11,14-15H2,1-2H3,(H,23,25)/t16-,18-/m1/s1. The molecule has 1 aromatic heterocycles. The molecule has 1 fully saturated rings. The number of hydrogen-bond donors (Lipinski definition) is 1. The molecule has 0 spiro atoms. The number of aryl methyl sites for hydroxylation is 1. The van der Waals surface area contributed by atoms with Crippen LogP contribution in [0, 0.1) is 11.8 Å². The highest BCUT2D eigenvalue weighted by atomic mass is 16.1. The first-order chi connectivity index (χ1) is 12.1. The quantitative estimate of drug-likeness (QED) is 0.901. The van der Waals surface area contributed by atoms with Crippen LogP contribution in [0.4, 0.5) is 5.69 Å². The van der Waals surface area contributed by atoms with Crippen molar-refractivity contribution in [3.05, 3.63) is 59.9 Å². The monoisotopic (exact) mass is 337 g/mol. The van der Waals surface area contributed by atoms with Crippen LogP contribution in [-0.2, 0) is 6.42 Å². The number of carbonyl (C=O) groups is 1. The minimum absolute atomic E-state index is 0.102. The molecule has 1 aliphatic heterocycles. The van der Waals surface area contributed by atoms with E-state index in [2.05, 4.69) is 41.3 Å². The molecule has 4 heteroatoms. The van der Waals surface area contributed by atoms with E-state index in [-0.39, 0.29) is 5.91 Å². The first-order valence-corrected chi connectivity index (χ1v) is 9.10. The number of rotatable bonds is 5. The Kier molecular flexibility index (Phi) is 5.82. The summed E-state index contributed by atoms with van der Waals surface area (Å²) in [4.78, 5) is 18.5. The van der Waals surface area contributed by atoms with Gasteiger partial charge in [-0.25, -0.2) is 0 Å². The van der Waals surface area contributed by atoms with Gasteiger partial charge in [-0.2, -0.15) is 0 Å². The first-order valence-electron chi connectivity index (χ1n) is 9.10. The third kappa shape index (κ3) is 4.89. The van der Waals surface area contributed by atoms with Gasteiger partial charge in [0.05, 0.1) is 0 Å². The Morgan fingerprint density at radius 1 is 1.20 bits per heavy atom. The highest BCUT2D eigenvalue weighted by Gasteiger charge is 2.23. The van der Waals surface area contributed by atoms with Gasteiger partial charge in [-0.15, -0.1) is 0 Å². The zero-order valence-corrected chi connectivity index (χ0v) is 15.1. The number of aromatic nitrogens is 1. The average molecular weight is 337 g/mol. The molecule has 4 nitrogen and oxygen atoms in total. The van der Waals surface area contributed by atoms with Gasteiger partial charge in [0.15, 0.2) is 0 Å². The summed E-state index contributed by atoms with van der Waals surface area (Å²) in [5.74, 6) is 1.50. The Morgan fingerprint density at radius 3 is 2.60 bits per heavy atom. The number of amides is 1. The number of piperidine rings is 1. The van der Waals surface area contributed by atoms with Crippen molar-refractivity contribution in [3.8, 4) is 0 Å². The summed E-state index contributed by atoms with van der Waals surface area (Å²) in [6.07, 6.45) is 6.91. The minimum atomic E-state index is -0.102. The number of carbonyl (C=O) groups excluding carboxylic acids is 1. The summed E-state index contributed by atoms with van der Waals surface area (Å²) >= 11 is 0. The highest BCUT2D eigenvalue weighted by molar-refractivity contribution is 6.04. The lowest BCUT2D eigenvalue weighted by Gasteiger charge is -2.34. The maximum absolute atomic E-state index is 12.2. The van der Waals surface area contributed by atoms with E-state index in [4.69, 9.17) is 0 Å². The molecule has 1 saturated heterocycles. The van der Waals surface area contributed by atoms with Crippen LogP contribution in [0.2, 0.25) is 0 Å². The van der Waals surface area contributed by atoms with Crippen LogP contribution in [-0.4, -0.2) is 35.9 Å². The van der Waals surface area contributed by atoms with E-state index >= 15 is 0 Å². The molecule has 0 aliphatic carbocycles. The molecule has 132 valence electrons. The smallest absolute Gasteiger partial charge is 0.255 e. The second-order valence-electron chi connectivity index (χ2n) is 7.21. The van der Waals surface area contributed by atoms with E-state index < -0.39 is 0 Å². The van der Waals surface area contributed by atoms with E-state index in [0.717, 1.165) is 23.9 Å². The first kappa shape index (κ1) is 17.6. The lowest BCUT2D eigenvalue weighted by Crippen LogP contribution is -2.36. The Balaban J connectivity index is 1.51. The number of likely N-dealkylation sites (tertiary alicyclic amines) is 1. The van der Waals surface area contributed by atoms with Gasteiger partial charge >= 0.3 is 0 Å². The highest BCUT2D eigenvalue weighted by Crippen LogP contribution is 2.27. The van der Waals surface area contributed by atoms with E-state index in [9.17, 15) is 4.79 Å². The molecule has 0 saturated carbocycles. The largest absolute Gasteiger partial charge is 0.322 e. The molecule has 1 N–H and O–H groups in total. The van der Waals surface area contributed by atoms with Gasteiger partial charge in [-0.1, -0.05) is 19.1 Å². The lowest BCUT2D eigenvalue weighted by atomic mass is 9.83. The van der Waals surface area contributed by atoms with Gasteiger partial charge in [0.25, 0.3) is 5.91 Å². The zero-order chi connectivity index (χ0) is 17.6. The minimum Gasteiger partial charge on any atom is -0.322 e. The van der Waals surface area contributed by atoms with Gasteiger partial charge in [-0.05, 0) is 74.5 Å². The van der Waals surface area contributed by atoms with E-state index in [1.807, 2.05) is 12.1 Å². The Bertz CT molecular complexity index is 684. The van der Waals surface area contributed by atoms with Gasteiger partial charge in [0.2, 0.25) is 0 Å². The summed E-state index contributed by atoms with van der Waals surface area (Å²) in [5.41, 5.74) is 2.79. The number of nitrogens with one attached hydrogen (secondary N) is 1. The summed E-state index contributed by atoms with van der Waals surface area (Å²) in [6.45, 7) is 4.80. The predicted octanol–water partition coefficient (Wildman–Crippen LogP) is 3.85. The van der Waals surface area contributed by atoms with Crippen LogP contribution in [0.3, 0.4) is 0 Å². The second-order valence-corrected chi connectivity index (χ2v) is 7.21. The third-order valence-electron chi connectivity index (χ3n) is 5.24. The van der Waals surface area contributed by atoms with Crippen molar-refractivity contribution in [2.24, 2.45) is 11.8 Å². The van der Waals surface area contributed by atoms with Crippen molar-refractivity contribution in [1.29, 1.82) is 0 Å². The lowest BCUT2D eigenvalue weighted by molar-refractivity contribution is 0.102. The van der Waals surface area contributed by atoms with Crippen LogP contribution in [0.15, 0.2) is 48.8 Å². The molecule has 2 heterocycles. The Labute approximate surface area is 150 Å². The van der Waals surface area contributed by atoms with E-state index in [0.29, 0.717) is 5.56 Å². The molecule has 1 aliphatic rings. The topological polar surface area (TPSA) is 45.2 Å². The molecule has 1 amide bonds. The zero-order valence-electron chi connectivity index (χ0n) is 15.1. The predicted molar refractivity (Wildman–Crippen MR) is 102 cm³/mol. The van der Waals surface area contributed by atoms with Crippen LogP contribution < -0.4 is 5.32 Å². The Morgan fingerprint density at radius 2 is 1.92 bits per heavy atom. The molecular formula is C21H27N3O. The van der Waals surface area contributed by atoms with E-state index in [1.54, 1.807) is 24.5 Å². The summed E-state index contributed by atoms with van der Waals surface area (Å²) in [7, 11) is 2.21. The molecule has 25 heavy (non-hydrogen) atoms. The third-order valence-corrected chi connectivity index (χ3v) is 5.24. The van der Waals surface area contributed by atoms with Crippen LogP contribution in [0.5, 0.6) is 0 Å². The van der Waals surface area contributed by atoms with Crippen LogP contribution in [0.25, 0.3) is 0 Å². The molecule has 2 aromatic rings. The summed E-state index contributed by atoms with van der Waals surface area (Å²) in [6, 6.07) is 11.7. The molecule has 2 atom stereocenters. The number of nitrogens with zero attached hydrogens (tertiary/aromatic N) is 2. The fourth-order valence-electron chi connectivity index (χ4n) is 3.64. The fraction of sp³-hybridized carbons (Fsp3) is 0.429. The normalized spacial score (nSPS) is 21.0. The fourth-order valence-corrected chi connectivity index (χ4v) is 3.64. The molecule has 0 bridgehead atoms. The molecule has 0 unspecified atom stereocenters. The maximum atomic E-state index is 12.2. The average Bonchev–Trinajstić information content (AvgIpc) is 2.63. The summed E-state index contributed by atoms with van der Waals surface area (Å²) in [5, 5.41) is 2.93. The molecule has 3 rings (SSSR count). The Hall–Kier alpha value is -2.20. The van der Waals surface area contributed by atoms with Crippen molar-refractivity contribution in [2.75, 3.05) is 25.5 Å². The number of anilines is 1. The van der Waals surface area contributed by atoms with Crippen molar-refractivity contribution < 1.29 is 4.79 Å². The summed E-state index contributed by atoms with van der Waals surface area (Å²) < 4.78 is 0. The van der Waals surface area contributed by atoms with Crippen molar-refractivity contribution in [2.45, 2.75) is 26.2 Å². The van der Waals surface area contributed by atoms with E-state index in [1.165, 1.54) is 31.5 Å². The van der Waals surface area contributed by atoms with Crippen molar-refractivity contribution >= 4 is 11.6 Å². The molecule has 0 radical (unpaired) electrons. The number of hydrogen-bond acceptors (Lipinski definition) is 3. The van der Waals surface area contributed by atoms with Crippen LogP contribution >= 0.6 is 0 Å². The van der Waals surface area contributed by atoms with Gasteiger partial charge in [0.1, 0.15) is 0 Å². The van der Waals surface area contributed by atoms with Gasteiger partial charge in [-0.3, -0.25) is 9.78 Å². The maximum Gasteiger partial charge on any atom is 0.255 e. The van der Waals surface area contributed by atoms with Crippen molar-refractivity contribution in [3.63, 3.8) is 0 Å². The number of benzene rings is 1. The second kappa shape index (κ2) is 8.26. The van der Waals surface area contributed by atoms with Crippen LogP contribution in [0.1, 0.15) is 35.7 Å². The molecular weight excluding hydrogens is 310 g/mol. The van der Waals surface area contributed by atoms with Gasteiger partial charge < -0.3 is 10.2 Å².